The van der Waals surface area contributed by atoms with Gasteiger partial charge in [-0.1, -0.05) is 0 Å². The molecule has 9 nitrogen and oxygen atoms in total. The fraction of sp³-hybridized carbons (Fsp3) is 0.355. The van der Waals surface area contributed by atoms with E-state index in [-0.39, 0.29) is 41.2 Å². The third-order valence-electron chi connectivity index (χ3n) is 8.09. The average Bonchev–Trinajstić information content (AvgIpc) is 3.55. The van der Waals surface area contributed by atoms with Gasteiger partial charge in [0.1, 0.15) is 30.6 Å². The van der Waals surface area contributed by atoms with Gasteiger partial charge in [0, 0.05) is 30.8 Å². The molecule has 12 heteroatoms. The first-order chi connectivity index (χ1) is 20.8. The lowest BCUT2D eigenvalue weighted by molar-refractivity contribution is -0.0592. The number of aromatic carboxylic acids is 1. The van der Waals surface area contributed by atoms with Crippen molar-refractivity contribution in [3.05, 3.63) is 88.5 Å². The highest BCUT2D eigenvalue weighted by Crippen LogP contribution is 2.34. The number of imidazole rings is 1. The zero-order chi connectivity index (χ0) is 30.1. The third kappa shape index (κ3) is 5.91. The van der Waals surface area contributed by atoms with Crippen LogP contribution in [0.5, 0.6) is 5.75 Å². The first-order valence-electron chi connectivity index (χ1n) is 13.9. The minimum absolute atomic E-state index is 0.00487. The van der Waals surface area contributed by atoms with Gasteiger partial charge in [0.05, 0.1) is 47.4 Å². The number of ether oxygens (including phenoxy) is 2. The molecule has 2 fully saturated rings. The Kier molecular flexibility index (Phi) is 8.01. The molecule has 4 heterocycles. The van der Waals surface area contributed by atoms with Crippen molar-refractivity contribution in [3.8, 4) is 11.8 Å². The van der Waals surface area contributed by atoms with E-state index in [2.05, 4.69) is 4.98 Å². The number of hydrogen-bond donors (Lipinski definition) is 1. The van der Waals surface area contributed by atoms with Crippen LogP contribution in [0.4, 0.5) is 13.2 Å². The van der Waals surface area contributed by atoms with Crippen molar-refractivity contribution in [1.29, 1.82) is 5.26 Å². The van der Waals surface area contributed by atoms with Crippen molar-refractivity contribution in [2.45, 2.75) is 50.6 Å². The molecule has 0 amide bonds. The monoisotopic (exact) mass is 591 g/mol. The van der Waals surface area contributed by atoms with Crippen LogP contribution in [0.3, 0.4) is 0 Å². The Morgan fingerprint density at radius 2 is 1.98 bits per heavy atom. The van der Waals surface area contributed by atoms with Gasteiger partial charge in [0.25, 0.3) is 0 Å². The van der Waals surface area contributed by atoms with Gasteiger partial charge in [-0.05, 0) is 61.4 Å². The Balaban J connectivity index is 1.21. The number of aromatic nitrogens is 3. The Morgan fingerprint density at radius 3 is 2.67 bits per heavy atom. The number of rotatable bonds is 10. The minimum Gasteiger partial charge on any atom is -0.484 e. The van der Waals surface area contributed by atoms with Crippen molar-refractivity contribution in [2.75, 3.05) is 19.8 Å². The maximum Gasteiger partial charge on any atom is 0.335 e. The number of alkyl halides is 1. The highest BCUT2D eigenvalue weighted by molar-refractivity contribution is 5.92. The summed E-state index contributed by atoms with van der Waals surface area (Å²) in [6.45, 7) is 1.03. The van der Waals surface area contributed by atoms with E-state index in [1.165, 1.54) is 24.3 Å². The summed E-state index contributed by atoms with van der Waals surface area (Å²) in [6.07, 6.45) is 1.33. The van der Waals surface area contributed by atoms with E-state index in [4.69, 9.17) is 19.7 Å². The molecule has 0 bridgehead atoms. The zero-order valence-electron chi connectivity index (χ0n) is 23.0. The number of likely N-dealkylation sites (tertiary alicyclic amines) is 1. The van der Waals surface area contributed by atoms with Crippen molar-refractivity contribution in [3.63, 3.8) is 0 Å². The van der Waals surface area contributed by atoms with Crippen molar-refractivity contribution in [2.24, 2.45) is 0 Å². The van der Waals surface area contributed by atoms with E-state index in [1.807, 2.05) is 15.5 Å². The molecule has 1 N–H and O–H groups in total. The smallest absolute Gasteiger partial charge is 0.335 e. The lowest BCUT2D eigenvalue weighted by atomic mass is 10.0. The van der Waals surface area contributed by atoms with Crippen LogP contribution in [0.25, 0.3) is 11.0 Å². The highest BCUT2D eigenvalue weighted by Gasteiger charge is 2.35. The van der Waals surface area contributed by atoms with Crippen LogP contribution in [-0.4, -0.2) is 62.5 Å². The van der Waals surface area contributed by atoms with E-state index >= 15 is 0 Å². The quantitative estimate of drug-likeness (QED) is 0.275. The molecule has 0 aliphatic carbocycles. The first-order valence-corrected chi connectivity index (χ1v) is 13.9. The fourth-order valence-electron chi connectivity index (χ4n) is 5.66. The predicted octanol–water partition coefficient (Wildman–Crippen LogP) is 4.97. The maximum atomic E-state index is 14.6. The fourth-order valence-corrected chi connectivity index (χ4v) is 5.66. The molecular formula is C31H28F3N5O4. The van der Waals surface area contributed by atoms with Gasteiger partial charge in [-0.3, -0.25) is 9.88 Å². The molecule has 2 aromatic heterocycles. The summed E-state index contributed by atoms with van der Waals surface area (Å²) in [6, 6.07) is 12.8. The molecule has 43 heavy (non-hydrogen) atoms. The summed E-state index contributed by atoms with van der Waals surface area (Å²) in [4.78, 5) is 22.8. The molecule has 4 aromatic rings. The second-order valence-electron chi connectivity index (χ2n) is 10.8. The topological polar surface area (TPSA) is 114 Å². The maximum absolute atomic E-state index is 14.6. The Labute approximate surface area is 245 Å². The number of fused-ring (bicyclic) bond motifs is 1. The summed E-state index contributed by atoms with van der Waals surface area (Å²) in [5.74, 6) is -2.02. The number of halogens is 3. The van der Waals surface area contributed by atoms with Gasteiger partial charge in [-0.15, -0.1) is 0 Å². The molecule has 2 aromatic carbocycles. The number of benzene rings is 2. The van der Waals surface area contributed by atoms with E-state index in [0.29, 0.717) is 55.2 Å². The summed E-state index contributed by atoms with van der Waals surface area (Å²) in [7, 11) is 0. The molecule has 2 aliphatic heterocycles. The molecule has 2 aliphatic rings. The van der Waals surface area contributed by atoms with Crippen LogP contribution in [0.15, 0.2) is 48.5 Å². The number of hydrogen-bond acceptors (Lipinski definition) is 7. The van der Waals surface area contributed by atoms with Crippen LogP contribution >= 0.6 is 0 Å². The number of nitrogens with zero attached hydrogens (tertiary/aromatic N) is 5. The van der Waals surface area contributed by atoms with Gasteiger partial charge < -0.3 is 19.1 Å². The van der Waals surface area contributed by atoms with Crippen LogP contribution in [0.2, 0.25) is 0 Å². The SMILES string of the molecule is N#Cc1ccc(OCc2nc(C3C[C@H](CF)N(Cc4nc5ccc(C(=O)O)cc5n4C[C@@H]4CCO4)C3)ccc2F)c(F)c1. The number of nitriles is 1. The molecule has 0 spiro atoms. The molecule has 0 saturated carbocycles. The molecule has 3 atom stereocenters. The summed E-state index contributed by atoms with van der Waals surface area (Å²) >= 11 is 0. The van der Waals surface area contributed by atoms with Gasteiger partial charge in [0.15, 0.2) is 11.6 Å². The van der Waals surface area contributed by atoms with Crippen molar-refractivity contribution in [1.82, 2.24) is 19.4 Å². The predicted molar refractivity (Wildman–Crippen MR) is 148 cm³/mol. The Bertz CT molecular complexity index is 1720. The molecule has 222 valence electrons. The number of carboxylic acid groups (broad SMARTS) is 1. The standard InChI is InChI=1S/C31H28F3N5O4/c32-12-21-10-20(25-5-3-23(33)27(36-25)17-43-29-6-1-18(13-35)9-24(29)34)14-38(21)16-30-37-26-4-2-19(31(40)41)11-28(26)39(30)15-22-7-8-42-22/h1-6,9,11,20-22H,7-8,10,12,14-17H2,(H,40,41)/t20?,21-,22+/m1/s1. The normalized spacial score (nSPS) is 20.2. The summed E-state index contributed by atoms with van der Waals surface area (Å²) < 4.78 is 56.2. The van der Waals surface area contributed by atoms with E-state index in [1.54, 1.807) is 18.2 Å². The van der Waals surface area contributed by atoms with Gasteiger partial charge in [-0.2, -0.15) is 5.26 Å². The van der Waals surface area contributed by atoms with Crippen molar-refractivity contribution < 1.29 is 32.5 Å². The van der Waals surface area contributed by atoms with Crippen LogP contribution < -0.4 is 4.74 Å². The third-order valence-corrected chi connectivity index (χ3v) is 8.09. The molecule has 1 unspecified atom stereocenters. The van der Waals surface area contributed by atoms with Crippen molar-refractivity contribution >= 4 is 17.0 Å². The number of pyridine rings is 1. The number of carboxylic acids is 1. The molecular weight excluding hydrogens is 563 g/mol. The van der Waals surface area contributed by atoms with E-state index in [9.17, 15) is 23.1 Å². The van der Waals surface area contributed by atoms with Crippen LogP contribution in [0.1, 0.15) is 51.9 Å². The lowest BCUT2D eigenvalue weighted by Crippen LogP contribution is -2.34. The second-order valence-corrected chi connectivity index (χ2v) is 10.8. The van der Waals surface area contributed by atoms with Gasteiger partial charge in [-0.25, -0.2) is 22.9 Å². The molecule has 6 rings (SSSR count). The minimum atomic E-state index is -1.03. The van der Waals surface area contributed by atoms with E-state index in [0.717, 1.165) is 12.5 Å². The molecule has 2 saturated heterocycles. The first kappa shape index (κ1) is 28.6. The van der Waals surface area contributed by atoms with E-state index < -0.39 is 30.3 Å². The van der Waals surface area contributed by atoms with Gasteiger partial charge >= 0.3 is 5.97 Å². The summed E-state index contributed by atoms with van der Waals surface area (Å²) in [5, 5.41) is 18.4. The van der Waals surface area contributed by atoms with Gasteiger partial charge in [0.2, 0.25) is 0 Å². The largest absolute Gasteiger partial charge is 0.484 e. The Hall–Kier alpha value is -4.47. The van der Waals surface area contributed by atoms with Crippen LogP contribution in [0, 0.1) is 23.0 Å². The zero-order valence-corrected chi connectivity index (χ0v) is 23.0. The lowest BCUT2D eigenvalue weighted by Gasteiger charge is -2.28. The second kappa shape index (κ2) is 12.0. The molecule has 0 radical (unpaired) electrons. The summed E-state index contributed by atoms with van der Waals surface area (Å²) in [5.41, 5.74) is 2.19. The highest BCUT2D eigenvalue weighted by atomic mass is 19.1. The van der Waals surface area contributed by atoms with Crippen LogP contribution in [-0.2, 0) is 24.4 Å². The average molecular weight is 592 g/mol. The number of carbonyl (C=O) groups is 1. The Morgan fingerprint density at radius 1 is 1.14 bits per heavy atom.